The zero-order valence-electron chi connectivity index (χ0n) is 11.6. The monoisotopic (exact) mass is 311 g/mol. The smallest absolute Gasteiger partial charge is 0.136 e. The fraction of sp³-hybridized carbons (Fsp3) is 0.250. The van der Waals surface area contributed by atoms with Gasteiger partial charge < -0.3 is 5.32 Å². The summed E-state index contributed by atoms with van der Waals surface area (Å²) in [5, 5.41) is 3.14. The summed E-state index contributed by atoms with van der Waals surface area (Å²) in [6, 6.07) is 9.68. The summed E-state index contributed by atoms with van der Waals surface area (Å²) < 4.78 is 40.4. The van der Waals surface area contributed by atoms with Crippen LogP contribution in [0.2, 0.25) is 0 Å². The van der Waals surface area contributed by atoms with E-state index in [0.29, 0.717) is 22.8 Å². The van der Waals surface area contributed by atoms with Crippen LogP contribution in [0.4, 0.5) is 13.2 Å². The van der Waals surface area contributed by atoms with Crippen molar-refractivity contribution in [3.8, 4) is 0 Å². The second-order valence-corrected chi connectivity index (χ2v) is 5.58. The average molecular weight is 311 g/mol. The van der Waals surface area contributed by atoms with Crippen molar-refractivity contribution in [3.63, 3.8) is 0 Å². The van der Waals surface area contributed by atoms with Gasteiger partial charge in [-0.05, 0) is 24.7 Å². The summed E-state index contributed by atoms with van der Waals surface area (Å²) in [5.74, 6) is -1.03. The van der Waals surface area contributed by atoms with Crippen LogP contribution in [0, 0.1) is 17.5 Å². The molecule has 0 spiro atoms. The third-order valence-electron chi connectivity index (χ3n) is 3.03. The predicted molar refractivity (Wildman–Crippen MR) is 79.9 cm³/mol. The number of benzene rings is 2. The molecule has 2 rings (SSSR count). The molecular formula is C16H16F3NS. The molecule has 0 fully saturated rings. The Morgan fingerprint density at radius 3 is 2.48 bits per heavy atom. The first-order valence-corrected chi connectivity index (χ1v) is 7.66. The normalized spacial score (nSPS) is 12.4. The molecule has 0 saturated carbocycles. The van der Waals surface area contributed by atoms with Crippen LogP contribution in [-0.2, 0) is 0 Å². The van der Waals surface area contributed by atoms with Crippen molar-refractivity contribution in [1.29, 1.82) is 0 Å². The van der Waals surface area contributed by atoms with Crippen molar-refractivity contribution in [2.24, 2.45) is 0 Å². The van der Waals surface area contributed by atoms with Gasteiger partial charge >= 0.3 is 0 Å². The number of rotatable bonds is 6. The highest BCUT2D eigenvalue weighted by molar-refractivity contribution is 7.99. The quantitative estimate of drug-likeness (QED) is 0.786. The minimum absolute atomic E-state index is 0.294. The highest BCUT2D eigenvalue weighted by Crippen LogP contribution is 2.28. The van der Waals surface area contributed by atoms with Crippen molar-refractivity contribution < 1.29 is 13.2 Å². The van der Waals surface area contributed by atoms with Crippen LogP contribution in [-0.4, -0.2) is 12.3 Å². The number of nitrogens with one attached hydrogen (secondary N) is 1. The largest absolute Gasteiger partial charge is 0.309 e. The Bertz CT molecular complexity index is 604. The first-order chi connectivity index (χ1) is 10.1. The highest BCUT2D eigenvalue weighted by Gasteiger charge is 2.16. The van der Waals surface area contributed by atoms with Gasteiger partial charge in [0, 0.05) is 28.3 Å². The van der Waals surface area contributed by atoms with Crippen LogP contribution in [0.15, 0.2) is 47.4 Å². The summed E-state index contributed by atoms with van der Waals surface area (Å²) in [4.78, 5) is 0.517. The van der Waals surface area contributed by atoms with Crippen LogP contribution < -0.4 is 5.32 Å². The lowest BCUT2D eigenvalue weighted by Crippen LogP contribution is -2.24. The summed E-state index contributed by atoms with van der Waals surface area (Å²) in [6.07, 6.45) is 0. The van der Waals surface area contributed by atoms with Gasteiger partial charge in [-0.15, -0.1) is 11.8 Å². The van der Waals surface area contributed by atoms with E-state index in [0.717, 1.165) is 6.07 Å². The second-order valence-electron chi connectivity index (χ2n) is 4.52. The molecule has 0 aliphatic carbocycles. The lowest BCUT2D eigenvalue weighted by molar-refractivity contribution is 0.531. The van der Waals surface area contributed by atoms with E-state index in [2.05, 4.69) is 5.32 Å². The Morgan fingerprint density at radius 1 is 1.05 bits per heavy atom. The van der Waals surface area contributed by atoms with Crippen molar-refractivity contribution in [1.82, 2.24) is 5.32 Å². The van der Waals surface area contributed by atoms with E-state index >= 15 is 0 Å². The molecule has 5 heteroatoms. The maximum atomic E-state index is 13.9. The maximum Gasteiger partial charge on any atom is 0.136 e. The van der Waals surface area contributed by atoms with E-state index in [-0.39, 0.29) is 11.9 Å². The van der Waals surface area contributed by atoms with Crippen LogP contribution in [0.1, 0.15) is 18.5 Å². The molecule has 0 amide bonds. The average Bonchev–Trinajstić information content (AvgIpc) is 2.45. The molecule has 1 atom stereocenters. The molecule has 0 aliphatic rings. The second kappa shape index (κ2) is 7.52. The standard InChI is InChI=1S/C16H16F3NS/c1-2-20-15(12-8-7-11(17)9-14(12)19)10-21-16-6-4-3-5-13(16)18/h3-9,15,20H,2,10H2,1H3. The molecule has 0 bridgehead atoms. The van der Waals surface area contributed by atoms with E-state index in [1.54, 1.807) is 18.2 Å². The van der Waals surface area contributed by atoms with Crippen LogP contribution in [0.3, 0.4) is 0 Å². The molecule has 1 unspecified atom stereocenters. The summed E-state index contributed by atoms with van der Waals surface area (Å²) in [5.41, 5.74) is 0.391. The zero-order valence-corrected chi connectivity index (χ0v) is 12.4. The van der Waals surface area contributed by atoms with Gasteiger partial charge in [0.2, 0.25) is 0 Å². The van der Waals surface area contributed by atoms with Gasteiger partial charge in [-0.3, -0.25) is 0 Å². The SMILES string of the molecule is CCNC(CSc1ccccc1F)c1ccc(F)cc1F. The molecule has 2 aromatic rings. The molecule has 2 aromatic carbocycles. The number of hydrogen-bond acceptors (Lipinski definition) is 2. The van der Waals surface area contributed by atoms with E-state index < -0.39 is 11.6 Å². The Labute approximate surface area is 126 Å². The van der Waals surface area contributed by atoms with Crippen molar-refractivity contribution in [2.45, 2.75) is 17.9 Å². The Kier molecular flexibility index (Phi) is 5.70. The van der Waals surface area contributed by atoms with Crippen molar-refractivity contribution in [3.05, 3.63) is 65.5 Å². The first-order valence-electron chi connectivity index (χ1n) is 6.67. The molecule has 1 nitrogen and oxygen atoms in total. The first kappa shape index (κ1) is 15.9. The zero-order chi connectivity index (χ0) is 15.2. The molecule has 0 saturated heterocycles. The Hall–Kier alpha value is -1.46. The minimum atomic E-state index is -0.603. The van der Waals surface area contributed by atoms with E-state index in [4.69, 9.17) is 0 Å². The van der Waals surface area contributed by atoms with Crippen LogP contribution in [0.5, 0.6) is 0 Å². The van der Waals surface area contributed by atoms with Crippen molar-refractivity contribution in [2.75, 3.05) is 12.3 Å². The summed E-state index contributed by atoms with van der Waals surface area (Å²) in [7, 11) is 0. The van der Waals surface area contributed by atoms with Gasteiger partial charge in [0.15, 0.2) is 0 Å². The molecule has 0 aliphatic heterocycles. The molecule has 0 aromatic heterocycles. The number of halogens is 3. The lowest BCUT2D eigenvalue weighted by Gasteiger charge is -2.19. The molecule has 0 radical (unpaired) electrons. The molecular weight excluding hydrogens is 295 g/mol. The van der Waals surface area contributed by atoms with Crippen molar-refractivity contribution >= 4 is 11.8 Å². The molecule has 1 N–H and O–H groups in total. The molecule has 112 valence electrons. The third kappa shape index (κ3) is 4.25. The summed E-state index contributed by atoms with van der Waals surface area (Å²) in [6.45, 7) is 2.54. The Morgan fingerprint density at radius 2 is 1.81 bits per heavy atom. The van der Waals surface area contributed by atoms with E-state index in [1.807, 2.05) is 6.92 Å². The predicted octanol–water partition coefficient (Wildman–Crippen LogP) is 4.55. The van der Waals surface area contributed by atoms with Gasteiger partial charge in [0.05, 0.1) is 0 Å². The minimum Gasteiger partial charge on any atom is -0.309 e. The lowest BCUT2D eigenvalue weighted by atomic mass is 10.1. The highest BCUT2D eigenvalue weighted by atomic mass is 32.2. The third-order valence-corrected chi connectivity index (χ3v) is 4.17. The number of hydrogen-bond donors (Lipinski definition) is 1. The van der Waals surface area contributed by atoms with Gasteiger partial charge in [0.1, 0.15) is 17.5 Å². The van der Waals surface area contributed by atoms with E-state index in [9.17, 15) is 13.2 Å². The van der Waals surface area contributed by atoms with E-state index in [1.165, 1.54) is 30.0 Å². The fourth-order valence-electron chi connectivity index (χ4n) is 2.02. The van der Waals surface area contributed by atoms with Gasteiger partial charge in [0.25, 0.3) is 0 Å². The molecule has 21 heavy (non-hydrogen) atoms. The van der Waals surface area contributed by atoms with Gasteiger partial charge in [-0.2, -0.15) is 0 Å². The van der Waals surface area contributed by atoms with Gasteiger partial charge in [-0.25, -0.2) is 13.2 Å². The Balaban J connectivity index is 2.14. The number of thioether (sulfide) groups is 1. The summed E-state index contributed by atoms with van der Waals surface area (Å²) >= 11 is 1.30. The fourth-order valence-corrected chi connectivity index (χ4v) is 3.05. The maximum absolute atomic E-state index is 13.9. The molecule has 0 heterocycles. The van der Waals surface area contributed by atoms with Crippen LogP contribution in [0.25, 0.3) is 0 Å². The topological polar surface area (TPSA) is 12.0 Å². The van der Waals surface area contributed by atoms with Gasteiger partial charge in [-0.1, -0.05) is 25.1 Å². The van der Waals surface area contributed by atoms with Crippen LogP contribution >= 0.6 is 11.8 Å².